The summed E-state index contributed by atoms with van der Waals surface area (Å²) in [6.45, 7) is 6.63. The number of ether oxygens (including phenoxy) is 4. The van der Waals surface area contributed by atoms with Crippen molar-refractivity contribution in [2.24, 2.45) is 4.99 Å². The highest BCUT2D eigenvalue weighted by molar-refractivity contribution is 5.84. The van der Waals surface area contributed by atoms with Crippen LogP contribution in [0.1, 0.15) is 26.2 Å². The Morgan fingerprint density at radius 3 is 2.78 bits per heavy atom. The summed E-state index contributed by atoms with van der Waals surface area (Å²) >= 11 is 0. The molecular formula is C18H34N4O5. The molecule has 2 fully saturated rings. The molecule has 0 aromatic carbocycles. The van der Waals surface area contributed by atoms with Gasteiger partial charge in [0.15, 0.2) is 11.7 Å². The van der Waals surface area contributed by atoms with E-state index in [0.717, 1.165) is 19.3 Å². The number of guanidine groups is 1. The Labute approximate surface area is 161 Å². The van der Waals surface area contributed by atoms with E-state index < -0.39 is 5.79 Å². The van der Waals surface area contributed by atoms with Crippen molar-refractivity contribution in [1.29, 1.82) is 0 Å². The summed E-state index contributed by atoms with van der Waals surface area (Å²) in [5, 5.41) is 6.50. The molecule has 27 heavy (non-hydrogen) atoms. The molecular weight excluding hydrogens is 352 g/mol. The lowest BCUT2D eigenvalue weighted by Gasteiger charge is -2.31. The molecule has 0 saturated carbocycles. The zero-order chi connectivity index (χ0) is 19.5. The van der Waals surface area contributed by atoms with Gasteiger partial charge in [0.1, 0.15) is 12.6 Å². The van der Waals surface area contributed by atoms with Gasteiger partial charge in [-0.15, -0.1) is 0 Å². The van der Waals surface area contributed by atoms with Crippen molar-refractivity contribution in [2.75, 3.05) is 66.8 Å². The standard InChI is InChI=1S/C18H34N4O5/c1-4-24-9-5-8-19-17(21-13-16(23)22(2)3)20-12-15-14-26-18(27-15)6-10-25-11-7-18/h15H,4-14H2,1-3H3,(H2,19,20,21). The molecule has 0 aromatic rings. The largest absolute Gasteiger partial charge is 0.382 e. The lowest BCUT2D eigenvalue weighted by molar-refractivity contribution is -0.210. The van der Waals surface area contributed by atoms with Gasteiger partial charge in [0, 0.05) is 53.2 Å². The summed E-state index contributed by atoms with van der Waals surface area (Å²) in [6.07, 6.45) is 2.33. The predicted octanol–water partition coefficient (Wildman–Crippen LogP) is -0.0415. The van der Waals surface area contributed by atoms with Gasteiger partial charge in [0.25, 0.3) is 0 Å². The van der Waals surface area contributed by atoms with E-state index in [9.17, 15) is 4.79 Å². The number of nitrogens with zero attached hydrogens (tertiary/aromatic N) is 2. The number of hydrogen-bond donors (Lipinski definition) is 2. The number of carbonyl (C=O) groups excluding carboxylic acids is 1. The summed E-state index contributed by atoms with van der Waals surface area (Å²) in [6, 6.07) is 0. The Kier molecular flexibility index (Phi) is 9.26. The van der Waals surface area contributed by atoms with E-state index in [1.165, 1.54) is 4.90 Å². The molecule has 1 unspecified atom stereocenters. The number of aliphatic imine (C=N–C) groups is 1. The van der Waals surface area contributed by atoms with Crippen molar-refractivity contribution >= 4 is 11.9 Å². The molecule has 2 aliphatic heterocycles. The Morgan fingerprint density at radius 1 is 1.30 bits per heavy atom. The van der Waals surface area contributed by atoms with Crippen molar-refractivity contribution in [3.63, 3.8) is 0 Å². The summed E-state index contributed by atoms with van der Waals surface area (Å²) in [7, 11) is 3.44. The molecule has 2 saturated heterocycles. The van der Waals surface area contributed by atoms with Crippen LogP contribution in [0, 0.1) is 0 Å². The Morgan fingerprint density at radius 2 is 2.07 bits per heavy atom. The number of rotatable bonds is 9. The van der Waals surface area contributed by atoms with Crippen LogP contribution in [0.5, 0.6) is 0 Å². The van der Waals surface area contributed by atoms with Gasteiger partial charge in [0.2, 0.25) is 5.91 Å². The van der Waals surface area contributed by atoms with Gasteiger partial charge in [-0.3, -0.25) is 4.79 Å². The van der Waals surface area contributed by atoms with Crippen LogP contribution in [-0.2, 0) is 23.7 Å². The molecule has 1 spiro atoms. The minimum absolute atomic E-state index is 0.0491. The molecule has 156 valence electrons. The first kappa shape index (κ1) is 21.9. The molecule has 2 heterocycles. The van der Waals surface area contributed by atoms with Crippen molar-refractivity contribution < 1.29 is 23.7 Å². The number of likely N-dealkylation sites (N-methyl/N-ethyl adjacent to an activating group) is 1. The van der Waals surface area contributed by atoms with E-state index in [1.54, 1.807) is 14.1 Å². The lowest BCUT2D eigenvalue weighted by Crippen LogP contribution is -2.44. The van der Waals surface area contributed by atoms with Gasteiger partial charge in [-0.05, 0) is 13.3 Å². The molecule has 2 aliphatic rings. The second-order valence-corrected chi connectivity index (χ2v) is 6.89. The first-order valence-electron chi connectivity index (χ1n) is 9.74. The monoisotopic (exact) mass is 386 g/mol. The predicted molar refractivity (Wildman–Crippen MR) is 102 cm³/mol. The second-order valence-electron chi connectivity index (χ2n) is 6.89. The van der Waals surface area contributed by atoms with Gasteiger partial charge in [-0.2, -0.15) is 0 Å². The quantitative estimate of drug-likeness (QED) is 0.326. The fourth-order valence-corrected chi connectivity index (χ4v) is 2.86. The number of amides is 1. The first-order valence-corrected chi connectivity index (χ1v) is 9.74. The second kappa shape index (κ2) is 11.4. The zero-order valence-electron chi connectivity index (χ0n) is 16.8. The third-order valence-electron chi connectivity index (χ3n) is 4.50. The third kappa shape index (κ3) is 7.61. The molecule has 9 nitrogen and oxygen atoms in total. The van der Waals surface area contributed by atoms with Crippen molar-refractivity contribution in [3.05, 3.63) is 0 Å². The van der Waals surface area contributed by atoms with E-state index in [2.05, 4.69) is 15.6 Å². The van der Waals surface area contributed by atoms with Gasteiger partial charge in [0.05, 0.1) is 19.8 Å². The van der Waals surface area contributed by atoms with E-state index in [0.29, 0.717) is 52.1 Å². The maximum atomic E-state index is 11.8. The lowest BCUT2D eigenvalue weighted by atomic mass is 10.1. The molecule has 1 atom stereocenters. The van der Waals surface area contributed by atoms with Gasteiger partial charge >= 0.3 is 0 Å². The van der Waals surface area contributed by atoms with Crippen LogP contribution in [0.15, 0.2) is 4.99 Å². The van der Waals surface area contributed by atoms with Crippen LogP contribution in [0.25, 0.3) is 0 Å². The molecule has 9 heteroatoms. The zero-order valence-corrected chi connectivity index (χ0v) is 16.8. The molecule has 2 N–H and O–H groups in total. The van der Waals surface area contributed by atoms with Crippen LogP contribution in [-0.4, -0.2) is 95.4 Å². The van der Waals surface area contributed by atoms with Crippen LogP contribution in [0.2, 0.25) is 0 Å². The smallest absolute Gasteiger partial charge is 0.243 e. The van der Waals surface area contributed by atoms with Crippen LogP contribution < -0.4 is 10.6 Å². The van der Waals surface area contributed by atoms with Gasteiger partial charge < -0.3 is 34.5 Å². The van der Waals surface area contributed by atoms with Crippen LogP contribution in [0.4, 0.5) is 0 Å². The molecule has 2 rings (SSSR count). The van der Waals surface area contributed by atoms with Gasteiger partial charge in [-0.25, -0.2) is 4.99 Å². The van der Waals surface area contributed by atoms with E-state index in [-0.39, 0.29) is 18.6 Å². The molecule has 0 aromatic heterocycles. The van der Waals surface area contributed by atoms with E-state index in [4.69, 9.17) is 18.9 Å². The molecule has 0 radical (unpaired) electrons. The average Bonchev–Trinajstić information content (AvgIpc) is 3.05. The molecule has 0 aliphatic carbocycles. The summed E-state index contributed by atoms with van der Waals surface area (Å²) in [4.78, 5) is 17.7. The van der Waals surface area contributed by atoms with Crippen molar-refractivity contribution in [2.45, 2.75) is 38.1 Å². The fraction of sp³-hybridized carbons (Fsp3) is 0.889. The maximum absolute atomic E-state index is 11.8. The van der Waals surface area contributed by atoms with Crippen LogP contribution >= 0.6 is 0 Å². The Hall–Kier alpha value is -1.42. The number of carbonyl (C=O) groups is 1. The topological polar surface area (TPSA) is 93.7 Å². The van der Waals surface area contributed by atoms with Crippen molar-refractivity contribution in [3.8, 4) is 0 Å². The number of nitrogens with one attached hydrogen (secondary N) is 2. The molecule has 0 bridgehead atoms. The Balaban J connectivity index is 1.79. The van der Waals surface area contributed by atoms with Crippen LogP contribution in [0.3, 0.4) is 0 Å². The summed E-state index contributed by atoms with van der Waals surface area (Å²) < 4.78 is 22.7. The summed E-state index contributed by atoms with van der Waals surface area (Å²) in [5.41, 5.74) is 0. The Bertz CT molecular complexity index is 480. The highest BCUT2D eigenvalue weighted by Gasteiger charge is 2.42. The highest BCUT2D eigenvalue weighted by Crippen LogP contribution is 2.32. The summed E-state index contributed by atoms with van der Waals surface area (Å²) in [5.74, 6) is 0.0542. The SMILES string of the molecule is CCOCCCNC(=NCC(=O)N(C)C)NCC1COC2(CCOCC2)O1. The third-order valence-corrected chi connectivity index (χ3v) is 4.50. The molecule has 1 amide bonds. The number of hydrogen-bond acceptors (Lipinski definition) is 6. The first-order chi connectivity index (χ1) is 13.0. The maximum Gasteiger partial charge on any atom is 0.243 e. The minimum atomic E-state index is -0.492. The van der Waals surface area contributed by atoms with E-state index >= 15 is 0 Å². The normalized spacial score (nSPS) is 22.0. The van der Waals surface area contributed by atoms with Gasteiger partial charge in [-0.1, -0.05) is 0 Å². The average molecular weight is 386 g/mol. The van der Waals surface area contributed by atoms with E-state index in [1.807, 2.05) is 6.92 Å². The minimum Gasteiger partial charge on any atom is -0.382 e. The van der Waals surface area contributed by atoms with Crippen molar-refractivity contribution in [1.82, 2.24) is 15.5 Å². The fourth-order valence-electron chi connectivity index (χ4n) is 2.86. The highest BCUT2D eigenvalue weighted by atomic mass is 16.7.